The molecule has 2 heterocycles. The number of hydrogen-bond acceptors (Lipinski definition) is 5. The molecule has 4 rings (SSSR count). The Labute approximate surface area is 189 Å². The van der Waals surface area contributed by atoms with E-state index in [2.05, 4.69) is 15.3 Å². The highest BCUT2D eigenvalue weighted by atomic mass is 35.5. The number of carbonyl (C=O) groups is 1. The van der Waals surface area contributed by atoms with E-state index < -0.39 is 0 Å². The monoisotopic (exact) mass is 455 g/mol. The first-order chi connectivity index (χ1) is 14.9. The van der Waals surface area contributed by atoms with Gasteiger partial charge in [0.25, 0.3) is 5.56 Å². The number of rotatable bonds is 6. The van der Waals surface area contributed by atoms with E-state index in [1.807, 2.05) is 62.4 Å². The zero-order valence-corrected chi connectivity index (χ0v) is 18.7. The van der Waals surface area contributed by atoms with Gasteiger partial charge in [0.15, 0.2) is 5.16 Å². The van der Waals surface area contributed by atoms with Gasteiger partial charge in [-0.1, -0.05) is 47.6 Å². The number of aromatic amines is 1. The lowest BCUT2D eigenvalue weighted by Gasteiger charge is -2.24. The number of thioether (sulfide) groups is 1. The lowest BCUT2D eigenvalue weighted by molar-refractivity contribution is -0.116. The highest BCUT2D eigenvalue weighted by molar-refractivity contribution is 7.98. The smallest absolute Gasteiger partial charge is 0.257 e. The van der Waals surface area contributed by atoms with Gasteiger partial charge in [-0.15, -0.1) is 0 Å². The van der Waals surface area contributed by atoms with E-state index in [9.17, 15) is 9.59 Å². The van der Waals surface area contributed by atoms with Gasteiger partial charge in [-0.3, -0.25) is 9.59 Å². The number of halogens is 1. The van der Waals surface area contributed by atoms with Crippen LogP contribution in [0.15, 0.2) is 58.5 Å². The Hall–Kier alpha value is -2.77. The molecule has 3 aromatic rings. The van der Waals surface area contributed by atoms with Gasteiger partial charge in [0, 0.05) is 23.1 Å². The van der Waals surface area contributed by atoms with E-state index in [4.69, 9.17) is 16.3 Å². The number of ether oxygens (including phenoxy) is 1. The number of fused-ring (bicyclic) bond motifs is 1. The number of hydrogen-bond donors (Lipinski definition) is 2. The summed E-state index contributed by atoms with van der Waals surface area (Å²) in [7, 11) is 0. The number of anilines is 1. The minimum Gasteiger partial charge on any atom is -0.491 e. The second kappa shape index (κ2) is 9.16. The Kier molecular flexibility index (Phi) is 6.34. The number of H-pyrrole nitrogens is 1. The molecule has 1 amide bonds. The molecule has 0 spiro atoms. The van der Waals surface area contributed by atoms with E-state index in [1.165, 1.54) is 11.8 Å². The fourth-order valence-electron chi connectivity index (χ4n) is 3.53. The predicted molar refractivity (Wildman–Crippen MR) is 123 cm³/mol. The van der Waals surface area contributed by atoms with E-state index >= 15 is 0 Å². The molecule has 0 bridgehead atoms. The minimum atomic E-state index is -0.361. The number of amides is 1. The van der Waals surface area contributed by atoms with E-state index in [0.29, 0.717) is 27.3 Å². The average molecular weight is 456 g/mol. The number of carbonyl (C=O) groups excluding carboxylic acids is 1. The zero-order valence-electron chi connectivity index (χ0n) is 17.1. The van der Waals surface area contributed by atoms with Crippen LogP contribution < -0.4 is 15.6 Å². The van der Waals surface area contributed by atoms with Crippen molar-refractivity contribution < 1.29 is 9.53 Å². The highest BCUT2D eigenvalue weighted by Crippen LogP contribution is 2.35. The molecule has 0 saturated carbocycles. The standard InChI is InChI=1S/C23H22ClN3O3S/c1-13(2)30-17-8-6-15(7-9-17)18-11-19(28)25-21-20(18)22(29)27-23(26-21)31-12-14-4-3-5-16(24)10-14/h3-10,13,18H,11-12H2,1-2H3,(H2,25,26,27,28,29)/t18-/m0/s1. The molecule has 1 aromatic heterocycles. The third-order valence-corrected chi connectivity index (χ3v) is 6.03. The molecule has 2 aromatic carbocycles. The lowest BCUT2D eigenvalue weighted by atomic mass is 9.87. The van der Waals surface area contributed by atoms with Gasteiger partial charge < -0.3 is 15.0 Å². The van der Waals surface area contributed by atoms with Crippen molar-refractivity contribution in [1.82, 2.24) is 9.97 Å². The van der Waals surface area contributed by atoms with Crippen molar-refractivity contribution >= 4 is 35.1 Å². The molecule has 0 fully saturated rings. The Balaban J connectivity index is 1.60. The van der Waals surface area contributed by atoms with Gasteiger partial charge in [0.2, 0.25) is 5.91 Å². The molecule has 160 valence electrons. The van der Waals surface area contributed by atoms with Crippen LogP contribution in [-0.4, -0.2) is 22.0 Å². The average Bonchev–Trinajstić information content (AvgIpc) is 2.71. The van der Waals surface area contributed by atoms with Crippen LogP contribution in [0.4, 0.5) is 5.82 Å². The lowest BCUT2D eigenvalue weighted by Crippen LogP contribution is -2.31. The van der Waals surface area contributed by atoms with Crippen LogP contribution in [0.3, 0.4) is 0 Å². The van der Waals surface area contributed by atoms with Crippen molar-refractivity contribution in [1.29, 1.82) is 0 Å². The first kappa shape index (κ1) is 21.5. The van der Waals surface area contributed by atoms with Crippen LogP contribution in [0.25, 0.3) is 0 Å². The maximum absolute atomic E-state index is 12.9. The third kappa shape index (κ3) is 5.11. The maximum atomic E-state index is 12.9. The molecular formula is C23H22ClN3O3S. The first-order valence-corrected chi connectivity index (χ1v) is 11.3. The fraction of sp³-hybridized carbons (Fsp3) is 0.261. The summed E-state index contributed by atoms with van der Waals surface area (Å²) in [4.78, 5) is 32.7. The first-order valence-electron chi connectivity index (χ1n) is 9.97. The van der Waals surface area contributed by atoms with E-state index in [0.717, 1.165) is 16.9 Å². The number of nitrogens with zero attached hydrogens (tertiary/aromatic N) is 1. The van der Waals surface area contributed by atoms with E-state index in [1.54, 1.807) is 0 Å². The molecule has 0 aliphatic carbocycles. The van der Waals surface area contributed by atoms with Crippen LogP contribution in [0, 0.1) is 0 Å². The number of nitrogens with one attached hydrogen (secondary N) is 2. The molecule has 0 radical (unpaired) electrons. The molecule has 31 heavy (non-hydrogen) atoms. The molecular weight excluding hydrogens is 434 g/mol. The van der Waals surface area contributed by atoms with Crippen molar-refractivity contribution in [2.24, 2.45) is 0 Å². The zero-order chi connectivity index (χ0) is 22.0. The molecule has 1 atom stereocenters. The van der Waals surface area contributed by atoms with Gasteiger partial charge in [-0.05, 0) is 49.2 Å². The minimum absolute atomic E-state index is 0.0712. The quantitative estimate of drug-likeness (QED) is 0.404. The van der Waals surface area contributed by atoms with Crippen molar-refractivity contribution in [2.75, 3.05) is 5.32 Å². The fourth-order valence-corrected chi connectivity index (χ4v) is 4.55. The second-order valence-corrected chi connectivity index (χ2v) is 8.99. The van der Waals surface area contributed by atoms with Gasteiger partial charge in [-0.25, -0.2) is 4.98 Å². The summed E-state index contributed by atoms with van der Waals surface area (Å²) in [6.07, 6.45) is 0.263. The van der Waals surface area contributed by atoms with Crippen molar-refractivity contribution in [2.45, 2.75) is 43.2 Å². The van der Waals surface area contributed by atoms with Gasteiger partial charge in [0.05, 0.1) is 11.7 Å². The van der Waals surface area contributed by atoms with Crippen LogP contribution >= 0.6 is 23.4 Å². The Bertz CT molecular complexity index is 1160. The number of benzene rings is 2. The van der Waals surface area contributed by atoms with Crippen LogP contribution in [0.5, 0.6) is 5.75 Å². The highest BCUT2D eigenvalue weighted by Gasteiger charge is 2.31. The Morgan fingerprint density at radius 3 is 2.68 bits per heavy atom. The molecule has 8 heteroatoms. The predicted octanol–water partition coefficient (Wildman–Crippen LogP) is 4.98. The second-order valence-electron chi connectivity index (χ2n) is 7.59. The summed E-state index contributed by atoms with van der Waals surface area (Å²) in [5, 5.41) is 3.86. The van der Waals surface area contributed by atoms with Crippen LogP contribution in [-0.2, 0) is 10.5 Å². The SMILES string of the molecule is CC(C)Oc1ccc([C@@H]2CC(=O)Nc3nc(SCc4cccc(Cl)c4)[nH]c(=O)c32)cc1. The summed E-state index contributed by atoms with van der Waals surface area (Å²) < 4.78 is 5.69. The van der Waals surface area contributed by atoms with Gasteiger partial charge in [0.1, 0.15) is 11.6 Å². The Morgan fingerprint density at radius 1 is 1.19 bits per heavy atom. The van der Waals surface area contributed by atoms with Crippen molar-refractivity contribution in [3.8, 4) is 5.75 Å². The van der Waals surface area contributed by atoms with Gasteiger partial charge >= 0.3 is 0 Å². The topological polar surface area (TPSA) is 84.1 Å². The molecule has 1 aliphatic rings. The Morgan fingerprint density at radius 2 is 1.97 bits per heavy atom. The number of aromatic nitrogens is 2. The normalized spacial score (nSPS) is 15.5. The van der Waals surface area contributed by atoms with Gasteiger partial charge in [-0.2, -0.15) is 0 Å². The maximum Gasteiger partial charge on any atom is 0.257 e. The van der Waals surface area contributed by atoms with Crippen LogP contribution in [0.1, 0.15) is 42.9 Å². The summed E-state index contributed by atoms with van der Waals surface area (Å²) in [6, 6.07) is 15.0. The van der Waals surface area contributed by atoms with Crippen molar-refractivity contribution in [3.63, 3.8) is 0 Å². The molecule has 0 unspecified atom stereocenters. The molecule has 2 N–H and O–H groups in total. The largest absolute Gasteiger partial charge is 0.491 e. The summed E-state index contributed by atoms with van der Waals surface area (Å²) in [6.45, 7) is 3.92. The molecule has 0 saturated heterocycles. The molecule has 6 nitrogen and oxygen atoms in total. The summed E-state index contributed by atoms with van der Waals surface area (Å²) in [5.41, 5.74) is 2.12. The molecule has 1 aliphatic heterocycles. The summed E-state index contributed by atoms with van der Waals surface area (Å²) >= 11 is 7.42. The van der Waals surface area contributed by atoms with Crippen molar-refractivity contribution in [3.05, 3.63) is 80.6 Å². The van der Waals surface area contributed by atoms with Crippen LogP contribution in [0.2, 0.25) is 5.02 Å². The van der Waals surface area contributed by atoms with E-state index in [-0.39, 0.29) is 29.9 Å². The summed E-state index contributed by atoms with van der Waals surface area (Å²) in [5.74, 6) is 1.14. The third-order valence-electron chi connectivity index (χ3n) is 4.85.